The molecule has 0 saturated carbocycles. The van der Waals surface area contributed by atoms with Crippen LogP contribution < -0.4 is 4.90 Å². The molecule has 0 amide bonds. The molecule has 0 saturated heterocycles. The molecule has 0 bridgehead atoms. The van der Waals surface area contributed by atoms with Crippen molar-refractivity contribution in [3.05, 3.63) is 151 Å². The lowest BCUT2D eigenvalue weighted by molar-refractivity contribution is 0.661. The highest BCUT2D eigenvalue weighted by atomic mass is 32.1. The summed E-state index contributed by atoms with van der Waals surface area (Å²) in [5.74, 6) is 0. The van der Waals surface area contributed by atoms with Crippen molar-refractivity contribution in [2.45, 2.75) is 19.3 Å². The summed E-state index contributed by atoms with van der Waals surface area (Å²) in [6, 6.07) is 51.6. The van der Waals surface area contributed by atoms with Gasteiger partial charge in [0.05, 0.1) is 11.4 Å². The number of benzene rings is 7. The summed E-state index contributed by atoms with van der Waals surface area (Å²) in [5, 5.41) is 7.73. The van der Waals surface area contributed by atoms with Crippen LogP contribution in [0.1, 0.15) is 25.0 Å². The average Bonchev–Trinajstić information content (AvgIpc) is 3.54. The van der Waals surface area contributed by atoms with Crippen LogP contribution in [0, 0.1) is 0 Å². The first kappa shape index (κ1) is 24.7. The molecule has 0 radical (unpaired) electrons. The third kappa shape index (κ3) is 3.51. The summed E-state index contributed by atoms with van der Waals surface area (Å²) in [6.07, 6.45) is 0. The van der Waals surface area contributed by atoms with Gasteiger partial charge in [0.1, 0.15) is 0 Å². The monoisotopic (exact) mass is 567 g/mol. The predicted octanol–water partition coefficient (Wildman–Crippen LogP) is 12.1. The van der Waals surface area contributed by atoms with Gasteiger partial charge in [0.25, 0.3) is 0 Å². The average molecular weight is 568 g/mol. The minimum atomic E-state index is -0.0580. The third-order valence-electron chi connectivity index (χ3n) is 9.42. The Kier molecular flexibility index (Phi) is 5.18. The van der Waals surface area contributed by atoms with Crippen LogP contribution in [-0.4, -0.2) is 0 Å². The van der Waals surface area contributed by atoms with E-state index in [1.165, 1.54) is 75.3 Å². The molecule has 1 aromatic heterocycles. The molecule has 0 unspecified atom stereocenters. The van der Waals surface area contributed by atoms with E-state index in [0.29, 0.717) is 0 Å². The van der Waals surface area contributed by atoms with E-state index in [1.807, 2.05) is 11.3 Å². The first-order valence-electron chi connectivity index (χ1n) is 14.9. The Labute approximate surface area is 255 Å². The molecule has 1 nitrogen and oxygen atoms in total. The smallest absolute Gasteiger partial charge is 0.0555 e. The van der Waals surface area contributed by atoms with Gasteiger partial charge in [0, 0.05) is 36.7 Å². The highest BCUT2D eigenvalue weighted by Gasteiger charge is 2.35. The lowest BCUT2D eigenvalue weighted by Gasteiger charge is -2.28. The fourth-order valence-electron chi connectivity index (χ4n) is 7.40. The minimum absolute atomic E-state index is 0.0580. The quantitative estimate of drug-likeness (QED) is 0.192. The van der Waals surface area contributed by atoms with E-state index in [1.54, 1.807) is 0 Å². The number of hydrogen-bond donors (Lipinski definition) is 0. The molecule has 0 aliphatic heterocycles. The van der Waals surface area contributed by atoms with Gasteiger partial charge < -0.3 is 4.90 Å². The number of para-hydroxylation sites is 1. The summed E-state index contributed by atoms with van der Waals surface area (Å²) in [4.78, 5) is 2.48. The molecule has 204 valence electrons. The fraction of sp³-hybridized carbons (Fsp3) is 0.0732. The molecule has 1 heterocycles. The first-order chi connectivity index (χ1) is 21.1. The van der Waals surface area contributed by atoms with Crippen molar-refractivity contribution in [2.75, 3.05) is 4.90 Å². The molecule has 0 atom stereocenters. The molecular weight excluding hydrogens is 539 g/mol. The maximum absolute atomic E-state index is 2.49. The zero-order valence-corrected chi connectivity index (χ0v) is 25.0. The molecule has 1 aliphatic rings. The maximum Gasteiger partial charge on any atom is 0.0555 e. The molecule has 43 heavy (non-hydrogen) atoms. The molecule has 7 aromatic carbocycles. The second-order valence-electron chi connectivity index (χ2n) is 12.1. The second-order valence-corrected chi connectivity index (χ2v) is 13.2. The maximum atomic E-state index is 2.49. The normalized spacial score (nSPS) is 13.5. The van der Waals surface area contributed by atoms with E-state index in [-0.39, 0.29) is 5.41 Å². The molecular formula is C41H29NS. The van der Waals surface area contributed by atoms with Gasteiger partial charge in [-0.3, -0.25) is 0 Å². The predicted molar refractivity (Wildman–Crippen MR) is 187 cm³/mol. The highest BCUT2D eigenvalue weighted by Crippen LogP contribution is 2.52. The van der Waals surface area contributed by atoms with Crippen molar-refractivity contribution in [2.24, 2.45) is 0 Å². The van der Waals surface area contributed by atoms with Gasteiger partial charge in [-0.1, -0.05) is 105 Å². The van der Waals surface area contributed by atoms with Crippen molar-refractivity contribution >= 4 is 70.1 Å². The first-order valence-corrected chi connectivity index (χ1v) is 15.8. The van der Waals surface area contributed by atoms with Crippen molar-refractivity contribution in [3.63, 3.8) is 0 Å². The van der Waals surface area contributed by atoms with Crippen LogP contribution in [0.25, 0.3) is 52.8 Å². The Bertz CT molecular complexity index is 2380. The van der Waals surface area contributed by atoms with E-state index in [0.717, 1.165) is 5.69 Å². The number of nitrogens with zero attached hydrogens (tertiary/aromatic N) is 1. The van der Waals surface area contributed by atoms with Crippen LogP contribution in [0.3, 0.4) is 0 Å². The van der Waals surface area contributed by atoms with Crippen molar-refractivity contribution in [1.29, 1.82) is 0 Å². The molecule has 0 spiro atoms. The van der Waals surface area contributed by atoms with Gasteiger partial charge in [-0.05, 0) is 86.9 Å². The van der Waals surface area contributed by atoms with E-state index >= 15 is 0 Å². The lowest BCUT2D eigenvalue weighted by Crippen LogP contribution is -2.15. The van der Waals surface area contributed by atoms with Crippen LogP contribution in [0.4, 0.5) is 17.1 Å². The number of hydrogen-bond acceptors (Lipinski definition) is 2. The standard InChI is InChI=1S/C41H29NS/c1-41(2)33-17-8-6-15-29(33)32-24-27-23-22-26-12-10-18-35(39(26)31(27)25-34(32)41)42(28-13-4-3-5-14-28)36-19-11-21-38-40(36)30-16-7-9-20-37(30)43-38/h3-25H,1-2H3. The molecule has 0 N–H and O–H groups in total. The van der Waals surface area contributed by atoms with Gasteiger partial charge in [-0.15, -0.1) is 11.3 Å². The highest BCUT2D eigenvalue weighted by molar-refractivity contribution is 7.26. The van der Waals surface area contributed by atoms with E-state index in [4.69, 9.17) is 0 Å². The van der Waals surface area contributed by atoms with Crippen molar-refractivity contribution in [1.82, 2.24) is 0 Å². The van der Waals surface area contributed by atoms with Gasteiger partial charge >= 0.3 is 0 Å². The summed E-state index contributed by atoms with van der Waals surface area (Å²) in [6.45, 7) is 4.74. The summed E-state index contributed by atoms with van der Waals surface area (Å²) < 4.78 is 2.63. The van der Waals surface area contributed by atoms with Gasteiger partial charge in [0.2, 0.25) is 0 Å². The molecule has 8 aromatic rings. The van der Waals surface area contributed by atoms with Gasteiger partial charge in [0.15, 0.2) is 0 Å². The van der Waals surface area contributed by atoms with Crippen LogP contribution in [0.5, 0.6) is 0 Å². The number of anilines is 3. The van der Waals surface area contributed by atoms with Crippen LogP contribution >= 0.6 is 11.3 Å². The molecule has 0 fully saturated rings. The fourth-order valence-corrected chi connectivity index (χ4v) is 8.53. The topological polar surface area (TPSA) is 3.24 Å². The van der Waals surface area contributed by atoms with Crippen molar-refractivity contribution in [3.8, 4) is 11.1 Å². The Hall–Kier alpha value is -4.92. The Morgan fingerprint density at radius 3 is 2.07 bits per heavy atom. The third-order valence-corrected chi connectivity index (χ3v) is 10.6. The Morgan fingerprint density at radius 2 is 1.19 bits per heavy atom. The molecule has 9 rings (SSSR count). The van der Waals surface area contributed by atoms with Gasteiger partial charge in [-0.25, -0.2) is 0 Å². The number of thiophene rings is 1. The van der Waals surface area contributed by atoms with Crippen LogP contribution in [0.2, 0.25) is 0 Å². The van der Waals surface area contributed by atoms with Gasteiger partial charge in [-0.2, -0.15) is 0 Å². The second kappa shape index (κ2) is 9.04. The minimum Gasteiger partial charge on any atom is -0.309 e. The zero-order chi connectivity index (χ0) is 28.7. The van der Waals surface area contributed by atoms with Crippen molar-refractivity contribution < 1.29 is 0 Å². The Morgan fingerprint density at radius 1 is 0.488 bits per heavy atom. The van der Waals surface area contributed by atoms with Crippen LogP contribution in [0.15, 0.2) is 140 Å². The summed E-state index contributed by atoms with van der Waals surface area (Å²) >= 11 is 1.87. The lowest BCUT2D eigenvalue weighted by atomic mass is 9.81. The summed E-state index contributed by atoms with van der Waals surface area (Å²) in [7, 11) is 0. The summed E-state index contributed by atoms with van der Waals surface area (Å²) in [5.41, 5.74) is 9.04. The SMILES string of the molecule is CC1(C)c2ccccc2-c2cc3ccc4cccc(N(c5ccccc5)c5cccc6sc7ccccc7c56)c4c3cc21. The Balaban J connectivity index is 1.39. The molecule has 2 heteroatoms. The van der Waals surface area contributed by atoms with E-state index < -0.39 is 0 Å². The number of rotatable bonds is 3. The van der Waals surface area contributed by atoms with E-state index in [9.17, 15) is 0 Å². The zero-order valence-electron chi connectivity index (χ0n) is 24.1. The number of fused-ring (bicyclic) bond motifs is 9. The molecule has 1 aliphatic carbocycles. The van der Waals surface area contributed by atoms with E-state index in [2.05, 4.69) is 158 Å². The van der Waals surface area contributed by atoms with Crippen LogP contribution in [-0.2, 0) is 5.41 Å². The largest absolute Gasteiger partial charge is 0.309 e.